The fourth-order valence-electron chi connectivity index (χ4n) is 4.05. The molecule has 1 aromatic heterocycles. The molecule has 0 saturated carbocycles. The molecule has 2 aromatic rings. The van der Waals surface area contributed by atoms with Crippen LogP contribution in [0.15, 0.2) is 36.7 Å². The molecule has 2 aliphatic rings. The minimum absolute atomic E-state index is 0.170. The molecule has 1 N–H and O–H groups in total. The lowest BCUT2D eigenvalue weighted by molar-refractivity contribution is -0.0567. The standard InChI is InChI=1S/C19H25N3O2/c1-14-3-2-4-15(9-14)19-20-6-7-22(19)16-10-17-13-24-18(5-8-23)12-21(17)11-16/h2-4,6-7,9,16-18,23H,5,8,10-13H2,1H3/t16-,17-,18-/m0/s1. The summed E-state index contributed by atoms with van der Waals surface area (Å²) in [6.45, 7) is 5.05. The third kappa shape index (κ3) is 2.99. The summed E-state index contributed by atoms with van der Waals surface area (Å²) in [4.78, 5) is 7.14. The molecule has 3 heterocycles. The van der Waals surface area contributed by atoms with Gasteiger partial charge in [0.15, 0.2) is 0 Å². The molecule has 1 aromatic carbocycles. The van der Waals surface area contributed by atoms with Crippen LogP contribution in [-0.2, 0) is 4.74 Å². The Kier molecular flexibility index (Phi) is 4.39. The second-order valence-corrected chi connectivity index (χ2v) is 6.99. The third-order valence-electron chi connectivity index (χ3n) is 5.26. The van der Waals surface area contributed by atoms with Crippen LogP contribution in [0.3, 0.4) is 0 Å². The van der Waals surface area contributed by atoms with E-state index in [1.54, 1.807) is 0 Å². The lowest BCUT2D eigenvalue weighted by Gasteiger charge is -2.34. The topological polar surface area (TPSA) is 50.5 Å². The molecule has 0 aliphatic carbocycles. The van der Waals surface area contributed by atoms with Gasteiger partial charge in [-0.25, -0.2) is 4.98 Å². The highest BCUT2D eigenvalue weighted by Crippen LogP contribution is 2.33. The Bertz CT molecular complexity index is 699. The van der Waals surface area contributed by atoms with Gasteiger partial charge in [-0.05, 0) is 25.8 Å². The number of imidazole rings is 1. The second-order valence-electron chi connectivity index (χ2n) is 6.99. The predicted octanol–water partition coefficient (Wildman–Crippen LogP) is 2.26. The van der Waals surface area contributed by atoms with E-state index >= 15 is 0 Å². The van der Waals surface area contributed by atoms with Crippen molar-refractivity contribution in [1.29, 1.82) is 0 Å². The third-order valence-corrected chi connectivity index (χ3v) is 5.26. The van der Waals surface area contributed by atoms with E-state index in [9.17, 15) is 0 Å². The van der Waals surface area contributed by atoms with Crippen molar-refractivity contribution in [2.24, 2.45) is 0 Å². The van der Waals surface area contributed by atoms with Gasteiger partial charge in [0.25, 0.3) is 0 Å². The number of rotatable bonds is 4. The molecular formula is C19H25N3O2. The van der Waals surface area contributed by atoms with Crippen LogP contribution in [0, 0.1) is 6.92 Å². The fourth-order valence-corrected chi connectivity index (χ4v) is 4.05. The number of hydrogen-bond donors (Lipinski definition) is 1. The van der Waals surface area contributed by atoms with Crippen LogP contribution in [-0.4, -0.2) is 58.0 Å². The number of aromatic nitrogens is 2. The molecule has 0 bridgehead atoms. The molecule has 0 radical (unpaired) electrons. The van der Waals surface area contributed by atoms with Crippen molar-refractivity contribution in [3.05, 3.63) is 42.2 Å². The van der Waals surface area contributed by atoms with Crippen LogP contribution in [0.1, 0.15) is 24.4 Å². The Labute approximate surface area is 142 Å². The van der Waals surface area contributed by atoms with Crippen molar-refractivity contribution < 1.29 is 9.84 Å². The van der Waals surface area contributed by atoms with Crippen LogP contribution in [0.4, 0.5) is 0 Å². The van der Waals surface area contributed by atoms with Crippen molar-refractivity contribution in [3.8, 4) is 11.4 Å². The van der Waals surface area contributed by atoms with E-state index in [4.69, 9.17) is 9.84 Å². The SMILES string of the molecule is Cc1cccc(-c2nccn2[C@H]2C[C@H]3CO[C@@H](CCO)CN3C2)c1. The maximum atomic E-state index is 9.14. The van der Waals surface area contributed by atoms with Gasteiger partial charge in [0.05, 0.1) is 12.7 Å². The number of morpholine rings is 1. The van der Waals surface area contributed by atoms with Crippen molar-refractivity contribution in [2.45, 2.75) is 38.0 Å². The van der Waals surface area contributed by atoms with Crippen molar-refractivity contribution in [3.63, 3.8) is 0 Å². The van der Waals surface area contributed by atoms with Crippen LogP contribution in [0.5, 0.6) is 0 Å². The van der Waals surface area contributed by atoms with Gasteiger partial charge in [-0.2, -0.15) is 0 Å². The monoisotopic (exact) mass is 327 g/mol. The first-order valence-corrected chi connectivity index (χ1v) is 8.81. The lowest BCUT2D eigenvalue weighted by atomic mass is 10.1. The summed E-state index contributed by atoms with van der Waals surface area (Å²) < 4.78 is 8.23. The molecular weight excluding hydrogens is 302 g/mol. The molecule has 2 aliphatic heterocycles. The molecule has 5 heteroatoms. The van der Waals surface area contributed by atoms with Crippen LogP contribution in [0.25, 0.3) is 11.4 Å². The zero-order chi connectivity index (χ0) is 16.5. The summed E-state index contributed by atoms with van der Waals surface area (Å²) in [5.41, 5.74) is 2.44. The van der Waals surface area contributed by atoms with E-state index in [1.807, 2.05) is 6.20 Å². The molecule has 3 atom stereocenters. The van der Waals surface area contributed by atoms with Gasteiger partial charge in [-0.3, -0.25) is 4.90 Å². The first-order valence-electron chi connectivity index (χ1n) is 8.81. The number of benzene rings is 1. The average molecular weight is 327 g/mol. The van der Waals surface area contributed by atoms with E-state index in [1.165, 1.54) is 11.1 Å². The Morgan fingerprint density at radius 3 is 3.04 bits per heavy atom. The van der Waals surface area contributed by atoms with E-state index in [0.717, 1.165) is 38.4 Å². The fraction of sp³-hybridized carbons (Fsp3) is 0.526. The number of ether oxygens (including phenoxy) is 1. The van der Waals surface area contributed by atoms with E-state index in [0.29, 0.717) is 12.1 Å². The summed E-state index contributed by atoms with van der Waals surface area (Å²) in [7, 11) is 0. The lowest BCUT2D eigenvalue weighted by Crippen LogP contribution is -2.46. The number of aliphatic hydroxyl groups excluding tert-OH is 1. The number of nitrogens with zero attached hydrogens (tertiary/aromatic N) is 3. The zero-order valence-corrected chi connectivity index (χ0v) is 14.1. The largest absolute Gasteiger partial charge is 0.396 e. The van der Waals surface area contributed by atoms with Crippen LogP contribution >= 0.6 is 0 Å². The summed E-state index contributed by atoms with van der Waals surface area (Å²) >= 11 is 0. The van der Waals surface area contributed by atoms with Gasteiger partial charge in [0.2, 0.25) is 0 Å². The minimum atomic E-state index is 0.170. The number of aryl methyl sites for hydroxylation is 1. The van der Waals surface area contributed by atoms with Gasteiger partial charge in [-0.1, -0.05) is 23.8 Å². The van der Waals surface area contributed by atoms with Gasteiger partial charge in [0.1, 0.15) is 5.82 Å². The summed E-state index contributed by atoms with van der Waals surface area (Å²) in [5, 5.41) is 9.14. The Balaban J connectivity index is 1.53. The number of hydrogen-bond acceptors (Lipinski definition) is 4. The molecule has 0 amide bonds. The molecule has 4 rings (SSSR count). The number of aliphatic hydroxyl groups is 1. The normalized spacial score (nSPS) is 27.3. The first kappa shape index (κ1) is 15.8. The second kappa shape index (κ2) is 6.67. The first-order chi connectivity index (χ1) is 11.7. The molecule has 5 nitrogen and oxygen atoms in total. The number of fused-ring (bicyclic) bond motifs is 1. The van der Waals surface area contributed by atoms with Crippen molar-refractivity contribution in [2.75, 3.05) is 26.3 Å². The smallest absolute Gasteiger partial charge is 0.140 e. The predicted molar refractivity (Wildman–Crippen MR) is 92.9 cm³/mol. The van der Waals surface area contributed by atoms with Gasteiger partial charge in [0, 0.05) is 49.7 Å². The summed E-state index contributed by atoms with van der Waals surface area (Å²) in [5.74, 6) is 1.05. The summed E-state index contributed by atoms with van der Waals surface area (Å²) in [6, 6.07) is 9.46. The maximum absolute atomic E-state index is 9.14. The quantitative estimate of drug-likeness (QED) is 0.936. The molecule has 2 fully saturated rings. The molecule has 2 saturated heterocycles. The van der Waals surface area contributed by atoms with Crippen molar-refractivity contribution >= 4 is 0 Å². The molecule has 0 spiro atoms. The highest BCUT2D eigenvalue weighted by Gasteiger charge is 2.38. The minimum Gasteiger partial charge on any atom is -0.396 e. The molecule has 24 heavy (non-hydrogen) atoms. The Morgan fingerprint density at radius 1 is 1.29 bits per heavy atom. The van der Waals surface area contributed by atoms with E-state index in [2.05, 4.69) is 51.8 Å². The Morgan fingerprint density at radius 2 is 2.21 bits per heavy atom. The molecule has 0 unspecified atom stereocenters. The van der Waals surface area contributed by atoms with Gasteiger partial charge >= 0.3 is 0 Å². The van der Waals surface area contributed by atoms with Crippen molar-refractivity contribution in [1.82, 2.24) is 14.5 Å². The van der Waals surface area contributed by atoms with Gasteiger partial charge in [-0.15, -0.1) is 0 Å². The van der Waals surface area contributed by atoms with Crippen LogP contribution < -0.4 is 0 Å². The highest BCUT2D eigenvalue weighted by molar-refractivity contribution is 5.56. The highest BCUT2D eigenvalue weighted by atomic mass is 16.5. The van der Waals surface area contributed by atoms with E-state index < -0.39 is 0 Å². The van der Waals surface area contributed by atoms with Crippen LogP contribution in [0.2, 0.25) is 0 Å². The average Bonchev–Trinajstić information content (AvgIpc) is 3.21. The summed E-state index contributed by atoms with van der Waals surface area (Å²) in [6.07, 6.45) is 6.01. The maximum Gasteiger partial charge on any atom is 0.140 e. The van der Waals surface area contributed by atoms with E-state index in [-0.39, 0.29) is 12.7 Å². The Hall–Kier alpha value is -1.69. The zero-order valence-electron chi connectivity index (χ0n) is 14.1. The van der Waals surface area contributed by atoms with Gasteiger partial charge < -0.3 is 14.4 Å². The molecule has 128 valence electrons.